The summed E-state index contributed by atoms with van der Waals surface area (Å²) in [6.07, 6.45) is 3.47. The lowest BCUT2D eigenvalue weighted by atomic mass is 10.2. The molecule has 0 aromatic heterocycles. The predicted molar refractivity (Wildman–Crippen MR) is 113 cm³/mol. The lowest BCUT2D eigenvalue weighted by Gasteiger charge is -2.12. The number of aliphatic imine (C=N–C) groups is 1. The van der Waals surface area contributed by atoms with Gasteiger partial charge in [0.15, 0.2) is 6.61 Å². The van der Waals surface area contributed by atoms with Gasteiger partial charge in [-0.1, -0.05) is 24.6 Å². The van der Waals surface area contributed by atoms with Crippen molar-refractivity contribution in [3.05, 3.63) is 54.1 Å². The Morgan fingerprint density at radius 2 is 1.97 bits per heavy atom. The van der Waals surface area contributed by atoms with Gasteiger partial charge in [-0.2, -0.15) is 5.26 Å². The number of benzene rings is 2. The van der Waals surface area contributed by atoms with Crippen LogP contribution in [0.2, 0.25) is 0 Å². The molecule has 2 aromatic rings. The van der Waals surface area contributed by atoms with E-state index in [1.165, 1.54) is 12.1 Å². The van der Waals surface area contributed by atoms with Crippen molar-refractivity contribution < 1.29 is 17.9 Å². The summed E-state index contributed by atoms with van der Waals surface area (Å²) < 4.78 is 33.3. The van der Waals surface area contributed by atoms with E-state index >= 15 is 0 Å². The van der Waals surface area contributed by atoms with Gasteiger partial charge in [-0.25, -0.2) is 8.42 Å². The summed E-state index contributed by atoms with van der Waals surface area (Å²) in [5, 5.41) is 11.7. The van der Waals surface area contributed by atoms with E-state index in [-0.39, 0.29) is 11.5 Å². The fourth-order valence-corrected chi connectivity index (χ4v) is 4.07. The maximum absolute atomic E-state index is 12.7. The quantitative estimate of drug-likeness (QED) is 0.736. The van der Waals surface area contributed by atoms with Crippen molar-refractivity contribution in [3.8, 4) is 11.8 Å². The zero-order valence-corrected chi connectivity index (χ0v) is 17.1. The highest BCUT2D eigenvalue weighted by Crippen LogP contribution is 2.18. The number of nitriles is 1. The number of hydrogen-bond donors (Lipinski definition) is 2. The number of amidine groups is 1. The van der Waals surface area contributed by atoms with Gasteiger partial charge in [0, 0.05) is 18.7 Å². The van der Waals surface area contributed by atoms with Crippen molar-refractivity contribution in [1.82, 2.24) is 4.72 Å². The van der Waals surface area contributed by atoms with Crippen LogP contribution < -0.4 is 14.8 Å². The van der Waals surface area contributed by atoms with Gasteiger partial charge in [-0.3, -0.25) is 14.5 Å². The Morgan fingerprint density at radius 1 is 1.13 bits per heavy atom. The molecule has 2 aromatic carbocycles. The van der Waals surface area contributed by atoms with Crippen molar-refractivity contribution >= 4 is 27.5 Å². The second kappa shape index (κ2) is 9.89. The van der Waals surface area contributed by atoms with Gasteiger partial charge in [-0.15, -0.1) is 0 Å². The Balaban J connectivity index is 1.64. The summed E-state index contributed by atoms with van der Waals surface area (Å²) in [4.78, 5) is 16.5. The van der Waals surface area contributed by atoms with E-state index in [2.05, 4.69) is 15.0 Å². The molecule has 3 rings (SSSR count). The molecular weight excluding hydrogens is 404 g/mol. The smallest absolute Gasteiger partial charge is 0.262 e. The normalized spacial score (nSPS) is 14.0. The molecule has 0 bridgehead atoms. The van der Waals surface area contributed by atoms with Gasteiger partial charge in [0.05, 0.1) is 10.5 Å². The van der Waals surface area contributed by atoms with E-state index in [1.54, 1.807) is 36.4 Å². The first-order valence-electron chi connectivity index (χ1n) is 9.56. The van der Waals surface area contributed by atoms with E-state index < -0.39 is 15.9 Å². The molecule has 30 heavy (non-hydrogen) atoms. The zero-order chi connectivity index (χ0) is 21.4. The third-order valence-electron chi connectivity index (χ3n) is 4.42. The van der Waals surface area contributed by atoms with Crippen LogP contribution in [0, 0.1) is 11.3 Å². The number of para-hydroxylation sites is 1. The first-order valence-corrected chi connectivity index (χ1v) is 11.0. The number of sulfonamides is 1. The Kier molecular flexibility index (Phi) is 7.03. The van der Waals surface area contributed by atoms with Crippen LogP contribution >= 0.6 is 0 Å². The van der Waals surface area contributed by atoms with Crippen molar-refractivity contribution in [2.24, 2.45) is 4.99 Å². The fraction of sp³-hybridized carbons (Fsp3) is 0.286. The summed E-state index contributed by atoms with van der Waals surface area (Å²) in [5.41, 5.74) is 0.647. The third-order valence-corrected chi connectivity index (χ3v) is 5.80. The van der Waals surface area contributed by atoms with Crippen LogP contribution in [-0.2, 0) is 14.8 Å². The highest BCUT2D eigenvalue weighted by Gasteiger charge is 2.18. The van der Waals surface area contributed by atoms with Crippen LogP contribution in [0.3, 0.4) is 0 Å². The Labute approximate surface area is 175 Å². The molecule has 0 atom stereocenters. The standard InChI is InChI=1S/C21H22N4O4S/c22-14-16-7-3-4-10-19(16)29-15-21(26)24-17-8-6-9-18(13-17)30(27,28)25-20-11-2-1-5-12-23-20/h3-4,6-10,13H,1-2,5,11-12,15H2,(H,23,25)(H,24,26). The molecule has 9 heteroatoms. The van der Waals surface area contributed by atoms with E-state index in [0.29, 0.717) is 35.8 Å². The number of carbonyl (C=O) groups is 1. The van der Waals surface area contributed by atoms with Gasteiger partial charge >= 0.3 is 0 Å². The molecule has 0 saturated heterocycles. The van der Waals surface area contributed by atoms with Gasteiger partial charge in [0.2, 0.25) is 0 Å². The monoisotopic (exact) mass is 426 g/mol. The van der Waals surface area contributed by atoms with E-state index in [1.807, 2.05) is 6.07 Å². The lowest BCUT2D eigenvalue weighted by molar-refractivity contribution is -0.118. The van der Waals surface area contributed by atoms with Crippen LogP contribution in [-0.4, -0.2) is 33.3 Å². The molecule has 1 aliphatic heterocycles. The molecule has 0 spiro atoms. The summed E-state index contributed by atoms with van der Waals surface area (Å²) in [5.74, 6) is 0.296. The lowest BCUT2D eigenvalue weighted by Crippen LogP contribution is -2.30. The number of nitrogens with zero attached hydrogens (tertiary/aromatic N) is 2. The summed E-state index contributed by atoms with van der Waals surface area (Å²) in [6.45, 7) is 0.299. The summed E-state index contributed by atoms with van der Waals surface area (Å²) >= 11 is 0. The van der Waals surface area contributed by atoms with Crippen LogP contribution in [0.15, 0.2) is 58.4 Å². The van der Waals surface area contributed by atoms with Crippen molar-refractivity contribution in [3.63, 3.8) is 0 Å². The third kappa shape index (κ3) is 5.81. The maximum atomic E-state index is 12.7. The molecule has 1 amide bonds. The fourth-order valence-electron chi connectivity index (χ4n) is 2.94. The molecule has 156 valence electrons. The molecule has 0 fully saturated rings. The molecular formula is C21H22N4O4S. The van der Waals surface area contributed by atoms with E-state index in [9.17, 15) is 13.2 Å². The molecule has 8 nitrogen and oxygen atoms in total. The maximum Gasteiger partial charge on any atom is 0.262 e. The van der Waals surface area contributed by atoms with Gasteiger partial charge in [-0.05, 0) is 43.2 Å². The number of anilines is 1. The molecule has 0 radical (unpaired) electrons. The second-order valence-corrected chi connectivity index (χ2v) is 8.40. The average molecular weight is 426 g/mol. The average Bonchev–Trinajstić information content (AvgIpc) is 3.01. The largest absolute Gasteiger partial charge is 0.482 e. The predicted octanol–water partition coefficient (Wildman–Crippen LogP) is 2.83. The Bertz CT molecular complexity index is 1090. The van der Waals surface area contributed by atoms with Crippen LogP contribution in [0.4, 0.5) is 5.69 Å². The van der Waals surface area contributed by atoms with Gasteiger partial charge < -0.3 is 10.1 Å². The van der Waals surface area contributed by atoms with Gasteiger partial charge in [0.25, 0.3) is 15.9 Å². The number of carbonyl (C=O) groups excluding carboxylic acids is 1. The number of ether oxygens (including phenoxy) is 1. The zero-order valence-electron chi connectivity index (χ0n) is 16.3. The Morgan fingerprint density at radius 3 is 2.80 bits per heavy atom. The minimum atomic E-state index is -3.80. The van der Waals surface area contributed by atoms with E-state index in [4.69, 9.17) is 10.00 Å². The van der Waals surface area contributed by atoms with Gasteiger partial charge in [0.1, 0.15) is 17.7 Å². The first-order chi connectivity index (χ1) is 14.5. The highest BCUT2D eigenvalue weighted by atomic mass is 32.2. The topological polar surface area (TPSA) is 121 Å². The second-order valence-electron chi connectivity index (χ2n) is 6.72. The molecule has 1 aliphatic rings. The first kappa shape index (κ1) is 21.3. The van der Waals surface area contributed by atoms with Crippen molar-refractivity contribution in [1.29, 1.82) is 5.26 Å². The Hall–Kier alpha value is -3.38. The van der Waals surface area contributed by atoms with Crippen molar-refractivity contribution in [2.75, 3.05) is 18.5 Å². The highest BCUT2D eigenvalue weighted by molar-refractivity contribution is 7.90. The number of rotatable bonds is 6. The minimum absolute atomic E-state index is 0.0305. The number of hydrogen-bond acceptors (Lipinski definition) is 6. The van der Waals surface area contributed by atoms with Crippen LogP contribution in [0.1, 0.15) is 31.2 Å². The summed E-state index contributed by atoms with van der Waals surface area (Å²) in [6, 6.07) is 14.5. The number of amides is 1. The molecule has 1 heterocycles. The van der Waals surface area contributed by atoms with Crippen LogP contribution in [0.5, 0.6) is 5.75 Å². The minimum Gasteiger partial charge on any atom is -0.482 e. The van der Waals surface area contributed by atoms with Crippen LogP contribution in [0.25, 0.3) is 0 Å². The van der Waals surface area contributed by atoms with E-state index in [0.717, 1.165) is 19.3 Å². The van der Waals surface area contributed by atoms with Crippen molar-refractivity contribution in [2.45, 2.75) is 30.6 Å². The molecule has 0 saturated carbocycles. The molecule has 2 N–H and O–H groups in total. The molecule has 0 aliphatic carbocycles. The summed E-state index contributed by atoms with van der Waals surface area (Å²) in [7, 11) is -3.80. The SMILES string of the molecule is N#Cc1ccccc1OCC(=O)Nc1cccc(S(=O)(=O)NC2=NCCCCC2)c1. The molecule has 0 unspecified atom stereocenters. The number of nitrogens with one attached hydrogen (secondary N) is 2.